The number of ketones is 1. The molecule has 0 radical (unpaired) electrons. The van der Waals surface area contributed by atoms with Gasteiger partial charge < -0.3 is 4.74 Å². The molecule has 0 unspecified atom stereocenters. The van der Waals surface area contributed by atoms with Gasteiger partial charge in [0.2, 0.25) is 0 Å². The van der Waals surface area contributed by atoms with Crippen LogP contribution in [-0.4, -0.2) is 18.9 Å². The van der Waals surface area contributed by atoms with E-state index < -0.39 is 5.41 Å². The Hall–Kier alpha value is -1.64. The van der Waals surface area contributed by atoms with Crippen molar-refractivity contribution in [2.75, 3.05) is 7.11 Å². The molecule has 1 saturated carbocycles. The van der Waals surface area contributed by atoms with Crippen LogP contribution in [0.2, 0.25) is 0 Å². The van der Waals surface area contributed by atoms with Gasteiger partial charge in [-0.2, -0.15) is 0 Å². The Labute approximate surface area is 126 Å². The molecule has 0 atom stereocenters. The summed E-state index contributed by atoms with van der Waals surface area (Å²) < 4.78 is 5.01. The van der Waals surface area contributed by atoms with Gasteiger partial charge in [-0.15, -0.1) is 0 Å². The highest BCUT2D eigenvalue weighted by Gasteiger charge is 2.42. The van der Waals surface area contributed by atoms with Crippen molar-refractivity contribution >= 4 is 11.8 Å². The summed E-state index contributed by atoms with van der Waals surface area (Å²) >= 11 is 0. The van der Waals surface area contributed by atoms with E-state index in [0.717, 1.165) is 18.4 Å². The minimum Gasteiger partial charge on any atom is -0.469 e. The van der Waals surface area contributed by atoms with Crippen molar-refractivity contribution in [3.05, 3.63) is 35.4 Å². The number of hydrogen-bond acceptors (Lipinski definition) is 3. The molecular formula is C18H24O3. The largest absolute Gasteiger partial charge is 0.469 e. The third-order valence-corrected chi connectivity index (χ3v) is 4.49. The lowest BCUT2D eigenvalue weighted by molar-refractivity contribution is -0.155. The predicted octanol–water partition coefficient (Wildman–Crippen LogP) is 3.48. The molecular weight excluding hydrogens is 264 g/mol. The predicted molar refractivity (Wildman–Crippen MR) is 82.1 cm³/mol. The molecule has 114 valence electrons. The zero-order valence-corrected chi connectivity index (χ0v) is 13.0. The van der Waals surface area contributed by atoms with Gasteiger partial charge in [-0.3, -0.25) is 9.59 Å². The number of benzene rings is 1. The minimum absolute atomic E-state index is 0.173. The average Bonchev–Trinajstić information content (AvgIpc) is 2.51. The second kappa shape index (κ2) is 6.88. The second-order valence-corrected chi connectivity index (χ2v) is 6.05. The maximum Gasteiger partial charge on any atom is 0.312 e. The van der Waals surface area contributed by atoms with Gasteiger partial charge in [0.05, 0.1) is 12.5 Å². The van der Waals surface area contributed by atoms with Crippen LogP contribution >= 0.6 is 0 Å². The molecule has 0 heterocycles. The molecule has 1 aliphatic rings. The fourth-order valence-electron chi connectivity index (χ4n) is 3.18. The first-order chi connectivity index (χ1) is 10.1. The molecule has 1 fully saturated rings. The van der Waals surface area contributed by atoms with E-state index in [9.17, 15) is 9.59 Å². The number of hydrogen-bond donors (Lipinski definition) is 0. The number of Topliss-reactive ketones (excluding diaryl/α,β-unsaturated/α-hetero) is 1. The first-order valence-electron chi connectivity index (χ1n) is 7.77. The van der Waals surface area contributed by atoms with Crippen molar-refractivity contribution in [2.45, 2.75) is 51.9 Å². The topological polar surface area (TPSA) is 43.4 Å². The third kappa shape index (κ3) is 3.72. The second-order valence-electron chi connectivity index (χ2n) is 6.05. The van der Waals surface area contributed by atoms with E-state index in [1.165, 1.54) is 12.7 Å². The number of methoxy groups -OCH3 is 1. The minimum atomic E-state index is -0.519. The van der Waals surface area contributed by atoms with Crippen molar-refractivity contribution in [1.29, 1.82) is 0 Å². The van der Waals surface area contributed by atoms with Crippen LogP contribution in [0.5, 0.6) is 0 Å². The van der Waals surface area contributed by atoms with Crippen molar-refractivity contribution < 1.29 is 14.3 Å². The van der Waals surface area contributed by atoms with E-state index in [1.54, 1.807) is 0 Å². The zero-order valence-electron chi connectivity index (χ0n) is 13.0. The monoisotopic (exact) mass is 288 g/mol. The van der Waals surface area contributed by atoms with Gasteiger partial charge in [-0.1, -0.05) is 37.6 Å². The molecule has 0 aliphatic heterocycles. The number of rotatable bonds is 5. The van der Waals surface area contributed by atoms with Crippen molar-refractivity contribution in [3.8, 4) is 0 Å². The molecule has 0 amide bonds. The van der Waals surface area contributed by atoms with Crippen molar-refractivity contribution in [2.24, 2.45) is 5.41 Å². The Balaban J connectivity index is 2.15. The summed E-state index contributed by atoms with van der Waals surface area (Å²) in [6.07, 6.45) is 5.07. The molecule has 2 rings (SSSR count). The van der Waals surface area contributed by atoms with Gasteiger partial charge in [0.15, 0.2) is 0 Å². The standard InChI is InChI=1S/C18H24O3/c1-3-4-14-5-7-15(8-6-14)13-18(17(20)21-2)11-9-16(19)10-12-18/h5-8H,3-4,9-13H2,1-2H3. The van der Waals surface area contributed by atoms with E-state index in [0.29, 0.717) is 32.1 Å². The molecule has 0 aromatic heterocycles. The molecule has 0 bridgehead atoms. The summed E-state index contributed by atoms with van der Waals surface area (Å²) in [5.41, 5.74) is 1.95. The lowest BCUT2D eigenvalue weighted by atomic mass is 9.70. The van der Waals surface area contributed by atoms with E-state index >= 15 is 0 Å². The Morgan fingerprint density at radius 1 is 1.14 bits per heavy atom. The molecule has 1 aromatic rings. The number of carbonyl (C=O) groups is 2. The van der Waals surface area contributed by atoms with Crippen LogP contribution in [0.4, 0.5) is 0 Å². The normalized spacial score (nSPS) is 17.5. The third-order valence-electron chi connectivity index (χ3n) is 4.49. The molecule has 0 N–H and O–H groups in total. The number of aryl methyl sites for hydroxylation is 1. The number of carbonyl (C=O) groups excluding carboxylic acids is 2. The van der Waals surface area contributed by atoms with Crippen LogP contribution in [0.25, 0.3) is 0 Å². The molecule has 3 heteroatoms. The van der Waals surface area contributed by atoms with E-state index in [-0.39, 0.29) is 11.8 Å². The summed E-state index contributed by atoms with van der Waals surface area (Å²) in [5, 5.41) is 0. The van der Waals surface area contributed by atoms with E-state index in [4.69, 9.17) is 4.74 Å². The van der Waals surface area contributed by atoms with Crippen LogP contribution in [-0.2, 0) is 27.2 Å². The lowest BCUT2D eigenvalue weighted by Crippen LogP contribution is -2.38. The molecule has 21 heavy (non-hydrogen) atoms. The lowest BCUT2D eigenvalue weighted by Gasteiger charge is -2.34. The Morgan fingerprint density at radius 2 is 1.71 bits per heavy atom. The van der Waals surface area contributed by atoms with E-state index in [2.05, 4.69) is 31.2 Å². The number of esters is 1. The summed E-state index contributed by atoms with van der Waals surface area (Å²) in [7, 11) is 1.44. The molecule has 1 aliphatic carbocycles. The highest BCUT2D eigenvalue weighted by molar-refractivity contribution is 5.84. The highest BCUT2D eigenvalue weighted by atomic mass is 16.5. The Bertz CT molecular complexity index is 492. The Morgan fingerprint density at radius 3 is 2.24 bits per heavy atom. The van der Waals surface area contributed by atoms with Crippen LogP contribution in [0.1, 0.15) is 50.2 Å². The molecule has 3 nitrogen and oxygen atoms in total. The molecule has 1 aromatic carbocycles. The quantitative estimate of drug-likeness (QED) is 0.779. The highest BCUT2D eigenvalue weighted by Crippen LogP contribution is 2.39. The average molecular weight is 288 g/mol. The van der Waals surface area contributed by atoms with Crippen molar-refractivity contribution in [1.82, 2.24) is 0 Å². The van der Waals surface area contributed by atoms with Gasteiger partial charge in [-0.25, -0.2) is 0 Å². The van der Waals surface area contributed by atoms with Gasteiger partial charge in [-0.05, 0) is 36.8 Å². The molecule has 0 saturated heterocycles. The van der Waals surface area contributed by atoms with Crippen LogP contribution in [0.15, 0.2) is 24.3 Å². The number of ether oxygens (including phenoxy) is 1. The SMILES string of the molecule is CCCc1ccc(CC2(C(=O)OC)CCC(=O)CC2)cc1. The van der Waals surface area contributed by atoms with Gasteiger partial charge in [0.25, 0.3) is 0 Å². The fourth-order valence-corrected chi connectivity index (χ4v) is 3.18. The maximum absolute atomic E-state index is 12.2. The zero-order chi connectivity index (χ0) is 15.3. The maximum atomic E-state index is 12.2. The smallest absolute Gasteiger partial charge is 0.312 e. The summed E-state index contributed by atoms with van der Waals surface area (Å²) in [4.78, 5) is 23.7. The van der Waals surface area contributed by atoms with Gasteiger partial charge in [0, 0.05) is 12.8 Å². The van der Waals surface area contributed by atoms with Crippen molar-refractivity contribution in [3.63, 3.8) is 0 Å². The first kappa shape index (κ1) is 15.7. The van der Waals surface area contributed by atoms with Crippen LogP contribution in [0.3, 0.4) is 0 Å². The van der Waals surface area contributed by atoms with Gasteiger partial charge in [0.1, 0.15) is 5.78 Å². The summed E-state index contributed by atoms with van der Waals surface area (Å²) in [6, 6.07) is 8.48. The fraction of sp³-hybridized carbons (Fsp3) is 0.556. The molecule has 0 spiro atoms. The van der Waals surface area contributed by atoms with Crippen LogP contribution in [0, 0.1) is 5.41 Å². The summed E-state index contributed by atoms with van der Waals surface area (Å²) in [6.45, 7) is 2.17. The summed E-state index contributed by atoms with van der Waals surface area (Å²) in [5.74, 6) is 0.0838. The van der Waals surface area contributed by atoms with Gasteiger partial charge >= 0.3 is 5.97 Å². The first-order valence-corrected chi connectivity index (χ1v) is 7.77. The van der Waals surface area contributed by atoms with E-state index in [1.807, 2.05) is 0 Å². The Kier molecular flexibility index (Phi) is 5.16. The van der Waals surface area contributed by atoms with Crippen LogP contribution < -0.4 is 0 Å².